The van der Waals surface area contributed by atoms with Crippen LogP contribution in [0.5, 0.6) is 5.75 Å². The minimum atomic E-state index is -0.406. The lowest BCUT2D eigenvalue weighted by molar-refractivity contribution is -0.121. The summed E-state index contributed by atoms with van der Waals surface area (Å²) in [4.78, 5) is 14.0. The largest absolute Gasteiger partial charge is 0.490 e. The third kappa shape index (κ3) is 6.60. The predicted molar refractivity (Wildman–Crippen MR) is 86.1 cm³/mol. The van der Waals surface area contributed by atoms with Gasteiger partial charge in [0.2, 0.25) is 5.91 Å². The Morgan fingerprint density at radius 3 is 2.77 bits per heavy atom. The molecule has 0 atom stereocenters. The lowest BCUT2D eigenvalue weighted by Gasteiger charge is -2.27. The van der Waals surface area contributed by atoms with Crippen LogP contribution in [-0.2, 0) is 4.79 Å². The van der Waals surface area contributed by atoms with Crippen molar-refractivity contribution in [3.63, 3.8) is 0 Å². The lowest BCUT2D eigenvalue weighted by atomic mass is 10.3. The Hall–Kier alpha value is -1.37. The van der Waals surface area contributed by atoms with Crippen LogP contribution in [0.2, 0.25) is 0 Å². The van der Waals surface area contributed by atoms with Crippen LogP contribution in [0.15, 0.2) is 24.3 Å². The summed E-state index contributed by atoms with van der Waals surface area (Å²) in [5.74, 6) is -0.288. The normalized spacial score (nSPS) is 15.0. The number of nitrogens with one attached hydrogen (secondary N) is 2. The van der Waals surface area contributed by atoms with Gasteiger partial charge in [-0.2, -0.15) is 0 Å². The summed E-state index contributed by atoms with van der Waals surface area (Å²) in [5.41, 5.74) is 0. The Bertz CT molecular complexity index is 456. The van der Waals surface area contributed by atoms with E-state index in [1.54, 1.807) is 18.2 Å². The molecule has 5 nitrogen and oxygen atoms in total. The molecule has 1 fully saturated rings. The van der Waals surface area contributed by atoms with E-state index in [9.17, 15) is 9.18 Å². The van der Waals surface area contributed by atoms with Crippen molar-refractivity contribution in [1.29, 1.82) is 0 Å². The van der Waals surface area contributed by atoms with E-state index < -0.39 is 5.82 Å². The summed E-state index contributed by atoms with van der Waals surface area (Å²) < 4.78 is 18.5. The van der Waals surface area contributed by atoms with Gasteiger partial charge in [0.25, 0.3) is 0 Å². The predicted octanol–water partition coefficient (Wildman–Crippen LogP) is 1.04. The zero-order valence-electron chi connectivity index (χ0n) is 12.5. The molecular weight excluding hydrogens is 309 g/mol. The first-order valence-corrected chi connectivity index (χ1v) is 7.33. The molecule has 22 heavy (non-hydrogen) atoms. The fourth-order valence-corrected chi connectivity index (χ4v) is 2.19. The van der Waals surface area contributed by atoms with Crippen LogP contribution in [0.4, 0.5) is 4.39 Å². The van der Waals surface area contributed by atoms with E-state index in [0.717, 1.165) is 32.7 Å². The molecule has 0 saturated carbocycles. The van der Waals surface area contributed by atoms with Crippen LogP contribution in [0, 0.1) is 5.82 Å². The highest BCUT2D eigenvalue weighted by molar-refractivity contribution is 5.85. The van der Waals surface area contributed by atoms with Gasteiger partial charge in [-0.1, -0.05) is 12.1 Å². The molecule has 1 aromatic rings. The van der Waals surface area contributed by atoms with E-state index in [1.807, 2.05) is 0 Å². The van der Waals surface area contributed by atoms with E-state index in [-0.39, 0.29) is 37.1 Å². The van der Waals surface area contributed by atoms with E-state index in [0.29, 0.717) is 6.54 Å². The number of amides is 1. The maximum absolute atomic E-state index is 13.3. The van der Waals surface area contributed by atoms with Gasteiger partial charge in [-0.3, -0.25) is 9.69 Å². The molecular formula is C15H23ClFN3O2. The van der Waals surface area contributed by atoms with Crippen molar-refractivity contribution in [2.45, 2.75) is 6.42 Å². The van der Waals surface area contributed by atoms with E-state index in [1.165, 1.54) is 6.07 Å². The standard InChI is InChI=1S/C15H22FN3O2.ClH/c16-13-3-1-2-4-14(13)21-12-5-15(20)18-8-11-19-9-6-17-7-10-19;/h1-4,17H,5-12H2,(H,18,20);1H. The van der Waals surface area contributed by atoms with Crippen molar-refractivity contribution in [3.05, 3.63) is 30.1 Å². The summed E-state index contributed by atoms with van der Waals surface area (Å²) in [6.45, 7) is 5.73. The van der Waals surface area contributed by atoms with Crippen LogP contribution >= 0.6 is 12.4 Å². The third-order valence-electron chi connectivity index (χ3n) is 3.38. The summed E-state index contributed by atoms with van der Waals surface area (Å²) in [6, 6.07) is 6.19. The number of hydrogen-bond donors (Lipinski definition) is 2. The Balaban J connectivity index is 0.00000242. The first-order valence-electron chi connectivity index (χ1n) is 7.33. The molecule has 1 amide bonds. The molecule has 0 aromatic heterocycles. The van der Waals surface area contributed by atoms with Crippen LogP contribution in [0.25, 0.3) is 0 Å². The van der Waals surface area contributed by atoms with Crippen LogP contribution in [0.1, 0.15) is 6.42 Å². The SMILES string of the molecule is Cl.O=C(CCOc1ccccc1F)NCCN1CCNCC1. The fourth-order valence-electron chi connectivity index (χ4n) is 2.19. The number of benzene rings is 1. The second-order valence-corrected chi connectivity index (χ2v) is 4.97. The zero-order valence-corrected chi connectivity index (χ0v) is 13.3. The maximum atomic E-state index is 13.3. The highest BCUT2D eigenvalue weighted by atomic mass is 35.5. The topological polar surface area (TPSA) is 53.6 Å². The van der Waals surface area contributed by atoms with Crippen molar-refractivity contribution in [2.24, 2.45) is 0 Å². The summed E-state index contributed by atoms with van der Waals surface area (Å²) in [5, 5.41) is 6.14. The number of carbonyl (C=O) groups is 1. The number of halogens is 2. The van der Waals surface area contributed by atoms with Gasteiger partial charge in [0.1, 0.15) is 0 Å². The van der Waals surface area contributed by atoms with Gasteiger partial charge in [0, 0.05) is 39.3 Å². The number of ether oxygens (including phenoxy) is 1. The number of rotatable bonds is 7. The van der Waals surface area contributed by atoms with Crippen molar-refractivity contribution < 1.29 is 13.9 Å². The van der Waals surface area contributed by atoms with Crippen molar-refractivity contribution >= 4 is 18.3 Å². The van der Waals surface area contributed by atoms with Crippen LogP contribution in [0.3, 0.4) is 0 Å². The number of piperazine rings is 1. The molecule has 0 aliphatic carbocycles. The Labute approximate surface area is 136 Å². The molecule has 1 aliphatic rings. The first kappa shape index (κ1) is 18.7. The molecule has 2 N–H and O–H groups in total. The van der Waals surface area contributed by atoms with Crippen molar-refractivity contribution in [3.8, 4) is 5.75 Å². The fraction of sp³-hybridized carbons (Fsp3) is 0.533. The van der Waals surface area contributed by atoms with Crippen molar-refractivity contribution in [1.82, 2.24) is 15.5 Å². The summed E-state index contributed by atoms with van der Waals surface area (Å²) in [6.07, 6.45) is 0.232. The number of carbonyl (C=O) groups excluding carboxylic acids is 1. The maximum Gasteiger partial charge on any atom is 0.223 e. The molecule has 0 unspecified atom stereocenters. The van der Waals surface area contributed by atoms with Crippen LogP contribution < -0.4 is 15.4 Å². The Morgan fingerprint density at radius 2 is 2.05 bits per heavy atom. The molecule has 0 bridgehead atoms. The molecule has 1 aliphatic heterocycles. The van der Waals surface area contributed by atoms with E-state index >= 15 is 0 Å². The molecule has 2 rings (SSSR count). The zero-order chi connectivity index (χ0) is 14.9. The van der Waals surface area contributed by atoms with Gasteiger partial charge in [0.15, 0.2) is 11.6 Å². The molecule has 124 valence electrons. The van der Waals surface area contributed by atoms with E-state index in [4.69, 9.17) is 4.74 Å². The quantitative estimate of drug-likeness (QED) is 0.784. The van der Waals surface area contributed by atoms with Gasteiger partial charge in [-0.25, -0.2) is 4.39 Å². The smallest absolute Gasteiger partial charge is 0.223 e. The molecule has 0 spiro atoms. The van der Waals surface area contributed by atoms with Gasteiger partial charge in [-0.15, -0.1) is 12.4 Å². The first-order chi connectivity index (χ1) is 10.3. The highest BCUT2D eigenvalue weighted by Crippen LogP contribution is 2.15. The third-order valence-corrected chi connectivity index (χ3v) is 3.38. The minimum absolute atomic E-state index is 0. The van der Waals surface area contributed by atoms with Gasteiger partial charge < -0.3 is 15.4 Å². The van der Waals surface area contributed by atoms with Crippen LogP contribution in [-0.4, -0.2) is 56.7 Å². The molecule has 1 aromatic carbocycles. The molecule has 7 heteroatoms. The average Bonchev–Trinajstić information content (AvgIpc) is 2.50. The Morgan fingerprint density at radius 1 is 1.32 bits per heavy atom. The van der Waals surface area contributed by atoms with Gasteiger partial charge in [0.05, 0.1) is 13.0 Å². The van der Waals surface area contributed by atoms with Gasteiger partial charge >= 0.3 is 0 Å². The lowest BCUT2D eigenvalue weighted by Crippen LogP contribution is -2.46. The highest BCUT2D eigenvalue weighted by Gasteiger charge is 2.09. The van der Waals surface area contributed by atoms with Crippen molar-refractivity contribution in [2.75, 3.05) is 45.9 Å². The molecule has 0 radical (unpaired) electrons. The second kappa shape index (κ2) is 10.4. The summed E-state index contributed by atoms with van der Waals surface area (Å²) in [7, 11) is 0. The monoisotopic (exact) mass is 331 g/mol. The number of para-hydroxylation sites is 1. The van der Waals surface area contributed by atoms with E-state index in [2.05, 4.69) is 15.5 Å². The number of hydrogen-bond acceptors (Lipinski definition) is 4. The summed E-state index contributed by atoms with van der Waals surface area (Å²) >= 11 is 0. The van der Waals surface area contributed by atoms with Gasteiger partial charge in [-0.05, 0) is 12.1 Å². The minimum Gasteiger partial charge on any atom is -0.490 e. The molecule has 1 saturated heterocycles. The Kier molecular flexibility index (Phi) is 8.81. The second-order valence-electron chi connectivity index (χ2n) is 4.97. The number of nitrogens with zero attached hydrogens (tertiary/aromatic N) is 1. The molecule has 1 heterocycles. The average molecular weight is 332 g/mol.